The average Bonchev–Trinajstić information content (AvgIpc) is 2.77. The van der Waals surface area contributed by atoms with E-state index < -0.39 is 0 Å². The van der Waals surface area contributed by atoms with Crippen molar-refractivity contribution in [3.8, 4) is 0 Å². The quantitative estimate of drug-likeness (QED) is 0.852. The van der Waals surface area contributed by atoms with Crippen LogP contribution in [0.3, 0.4) is 0 Å². The van der Waals surface area contributed by atoms with Gasteiger partial charge >= 0.3 is 0 Å². The molecule has 0 bridgehead atoms. The smallest absolute Gasteiger partial charge is 0.133 e. The molecule has 0 unspecified atom stereocenters. The van der Waals surface area contributed by atoms with Crippen LogP contribution in [0, 0.1) is 13.8 Å². The molecule has 0 atom stereocenters. The minimum absolute atomic E-state index is 0.788. The number of nitrogens with one attached hydrogen (secondary N) is 1. The van der Waals surface area contributed by atoms with E-state index in [1.54, 1.807) is 16.4 Å². The lowest BCUT2D eigenvalue weighted by Gasteiger charge is -2.11. The van der Waals surface area contributed by atoms with Gasteiger partial charge in [0, 0.05) is 25.4 Å². The molecule has 5 nitrogen and oxygen atoms in total. The lowest BCUT2D eigenvalue weighted by atomic mass is 10.3. The lowest BCUT2D eigenvalue weighted by Crippen LogP contribution is -2.07. The van der Waals surface area contributed by atoms with Gasteiger partial charge in [0.1, 0.15) is 16.7 Å². The van der Waals surface area contributed by atoms with Crippen LogP contribution in [0.1, 0.15) is 24.7 Å². The summed E-state index contributed by atoms with van der Waals surface area (Å²) in [5.74, 6) is 1.72. The Balaban J connectivity index is 2.26. The molecule has 0 saturated carbocycles. The summed E-state index contributed by atoms with van der Waals surface area (Å²) in [5.41, 5.74) is 1.09. The Morgan fingerprint density at radius 2 is 2.11 bits per heavy atom. The first-order valence-electron chi connectivity index (χ1n) is 6.35. The van der Waals surface area contributed by atoms with Crippen LogP contribution in [0.4, 0.5) is 5.82 Å². The predicted molar refractivity (Wildman–Crippen MR) is 77.6 cm³/mol. The summed E-state index contributed by atoms with van der Waals surface area (Å²) in [6, 6.07) is 0. The van der Waals surface area contributed by atoms with Crippen LogP contribution in [0.25, 0.3) is 0 Å². The van der Waals surface area contributed by atoms with E-state index in [9.17, 15) is 0 Å². The van der Waals surface area contributed by atoms with E-state index >= 15 is 0 Å². The Morgan fingerprint density at radius 3 is 2.74 bits per heavy atom. The highest BCUT2D eigenvalue weighted by Gasteiger charge is 2.11. The summed E-state index contributed by atoms with van der Waals surface area (Å²) in [6.07, 6.45) is 4.91. The Kier molecular flexibility index (Phi) is 4.42. The predicted octanol–water partition coefficient (Wildman–Crippen LogP) is 2.80. The van der Waals surface area contributed by atoms with Crippen molar-refractivity contribution in [3.63, 3.8) is 0 Å². The Bertz CT molecular complexity index is 564. The Hall–Kier alpha value is -1.56. The summed E-state index contributed by atoms with van der Waals surface area (Å²) in [4.78, 5) is 10.1. The zero-order valence-corrected chi connectivity index (χ0v) is 12.6. The lowest BCUT2D eigenvalue weighted by molar-refractivity contribution is 0.766. The van der Waals surface area contributed by atoms with Crippen LogP contribution in [-0.4, -0.2) is 26.3 Å². The minimum atomic E-state index is 0.788. The first-order chi connectivity index (χ1) is 9.10. The minimum Gasteiger partial charge on any atom is -0.370 e. The molecule has 0 radical (unpaired) electrons. The number of rotatable bonds is 5. The monoisotopic (exact) mass is 277 g/mol. The number of anilines is 1. The van der Waals surface area contributed by atoms with Gasteiger partial charge in [-0.2, -0.15) is 5.10 Å². The molecule has 0 aliphatic heterocycles. The van der Waals surface area contributed by atoms with Crippen molar-refractivity contribution in [2.45, 2.75) is 37.1 Å². The second kappa shape index (κ2) is 6.06. The van der Waals surface area contributed by atoms with Crippen LogP contribution >= 0.6 is 11.8 Å². The van der Waals surface area contributed by atoms with Gasteiger partial charge in [-0.3, -0.25) is 4.68 Å². The van der Waals surface area contributed by atoms with E-state index in [4.69, 9.17) is 0 Å². The van der Waals surface area contributed by atoms with Crippen LogP contribution < -0.4 is 5.32 Å². The summed E-state index contributed by atoms with van der Waals surface area (Å²) >= 11 is 1.62. The van der Waals surface area contributed by atoms with Gasteiger partial charge in [0.25, 0.3) is 0 Å². The highest BCUT2D eigenvalue weighted by atomic mass is 32.2. The SMILES string of the molecule is CCCNc1nc(C)nc(Sc2cnn(C)c2)c1C. The standard InChI is InChI=1S/C13H19N5S/c1-5-6-14-12-9(2)13(17-10(3)16-12)19-11-7-15-18(4)8-11/h7-8H,5-6H2,1-4H3,(H,14,16,17). The van der Waals surface area contributed by atoms with Crippen LogP contribution in [0.5, 0.6) is 0 Å². The fourth-order valence-corrected chi connectivity index (χ4v) is 2.64. The van der Waals surface area contributed by atoms with E-state index in [1.807, 2.05) is 26.4 Å². The first-order valence-corrected chi connectivity index (χ1v) is 7.17. The highest BCUT2D eigenvalue weighted by Crippen LogP contribution is 2.30. The normalized spacial score (nSPS) is 10.7. The van der Waals surface area contributed by atoms with Crippen molar-refractivity contribution >= 4 is 17.6 Å². The van der Waals surface area contributed by atoms with Gasteiger partial charge in [-0.1, -0.05) is 18.7 Å². The van der Waals surface area contributed by atoms with Gasteiger partial charge in [-0.25, -0.2) is 9.97 Å². The van der Waals surface area contributed by atoms with Gasteiger partial charge in [-0.05, 0) is 20.3 Å². The molecule has 0 aliphatic carbocycles. The molecule has 1 N–H and O–H groups in total. The molecule has 0 amide bonds. The molecule has 6 heteroatoms. The number of nitrogens with zero attached hydrogens (tertiary/aromatic N) is 4. The molecular weight excluding hydrogens is 258 g/mol. The van der Waals surface area contributed by atoms with Gasteiger partial charge in [0.05, 0.1) is 11.1 Å². The van der Waals surface area contributed by atoms with E-state index in [0.29, 0.717) is 0 Å². The molecule has 2 aromatic rings. The molecule has 0 aliphatic rings. The topological polar surface area (TPSA) is 55.6 Å². The molecule has 0 fully saturated rings. The molecule has 2 rings (SSSR count). The summed E-state index contributed by atoms with van der Waals surface area (Å²) in [7, 11) is 1.91. The Morgan fingerprint density at radius 1 is 1.32 bits per heavy atom. The number of aryl methyl sites for hydroxylation is 2. The van der Waals surface area contributed by atoms with Crippen molar-refractivity contribution in [2.24, 2.45) is 7.05 Å². The second-order valence-corrected chi connectivity index (χ2v) is 5.49. The van der Waals surface area contributed by atoms with Crippen LogP contribution in [-0.2, 0) is 7.05 Å². The van der Waals surface area contributed by atoms with Crippen LogP contribution in [0.2, 0.25) is 0 Å². The zero-order chi connectivity index (χ0) is 13.8. The molecule has 0 aromatic carbocycles. The van der Waals surface area contributed by atoms with Gasteiger partial charge in [0.2, 0.25) is 0 Å². The summed E-state index contributed by atoms with van der Waals surface area (Å²) < 4.78 is 1.79. The van der Waals surface area contributed by atoms with Crippen molar-refractivity contribution in [1.29, 1.82) is 0 Å². The number of hydrogen-bond donors (Lipinski definition) is 1. The van der Waals surface area contributed by atoms with Crippen molar-refractivity contribution < 1.29 is 0 Å². The fraction of sp³-hybridized carbons (Fsp3) is 0.462. The maximum absolute atomic E-state index is 4.52. The molecule has 2 aromatic heterocycles. The van der Waals surface area contributed by atoms with Crippen LogP contribution in [0.15, 0.2) is 22.3 Å². The third-order valence-corrected chi connectivity index (χ3v) is 3.69. The molecule has 0 saturated heterocycles. The average molecular weight is 277 g/mol. The number of aromatic nitrogens is 4. The molecule has 19 heavy (non-hydrogen) atoms. The van der Waals surface area contributed by atoms with Gasteiger partial charge < -0.3 is 5.32 Å². The van der Waals surface area contributed by atoms with Crippen molar-refractivity contribution in [1.82, 2.24) is 19.7 Å². The third-order valence-electron chi connectivity index (χ3n) is 2.65. The maximum Gasteiger partial charge on any atom is 0.133 e. The summed E-state index contributed by atoms with van der Waals surface area (Å²) in [5, 5.41) is 8.51. The van der Waals surface area contributed by atoms with Gasteiger partial charge in [0.15, 0.2) is 0 Å². The number of hydrogen-bond acceptors (Lipinski definition) is 5. The molecular formula is C13H19N5S. The molecule has 102 valence electrons. The third kappa shape index (κ3) is 3.47. The van der Waals surface area contributed by atoms with E-state index in [0.717, 1.165) is 40.1 Å². The largest absolute Gasteiger partial charge is 0.370 e. The Labute approximate surface area is 117 Å². The summed E-state index contributed by atoms with van der Waals surface area (Å²) in [6.45, 7) is 7.04. The highest BCUT2D eigenvalue weighted by molar-refractivity contribution is 7.99. The van der Waals surface area contributed by atoms with Crippen molar-refractivity contribution in [2.75, 3.05) is 11.9 Å². The molecule has 2 heterocycles. The fourth-order valence-electron chi connectivity index (χ4n) is 1.68. The maximum atomic E-state index is 4.52. The van der Waals surface area contributed by atoms with E-state index in [2.05, 4.69) is 34.2 Å². The second-order valence-electron chi connectivity index (χ2n) is 4.43. The van der Waals surface area contributed by atoms with E-state index in [-0.39, 0.29) is 0 Å². The zero-order valence-electron chi connectivity index (χ0n) is 11.8. The molecule has 0 spiro atoms. The van der Waals surface area contributed by atoms with Gasteiger partial charge in [-0.15, -0.1) is 0 Å². The van der Waals surface area contributed by atoms with E-state index in [1.165, 1.54) is 0 Å². The first kappa shape index (κ1) is 13.9. The van der Waals surface area contributed by atoms with Crippen molar-refractivity contribution in [3.05, 3.63) is 23.8 Å².